The van der Waals surface area contributed by atoms with Gasteiger partial charge in [-0.25, -0.2) is 9.59 Å². The maximum atomic E-state index is 12.5. The smallest absolute Gasteiger partial charge is 0.335 e. The summed E-state index contributed by atoms with van der Waals surface area (Å²) in [6.07, 6.45) is 0. The average Bonchev–Trinajstić information content (AvgIpc) is 3.23. The molecule has 11 heteroatoms. The van der Waals surface area contributed by atoms with Crippen LogP contribution in [0.25, 0.3) is 0 Å². The van der Waals surface area contributed by atoms with Crippen LogP contribution in [0.3, 0.4) is 0 Å². The number of esters is 2. The molecule has 0 fully saturated rings. The summed E-state index contributed by atoms with van der Waals surface area (Å²) in [4.78, 5) is 99.1. The van der Waals surface area contributed by atoms with Crippen LogP contribution in [-0.2, 0) is 61.4 Å². The van der Waals surface area contributed by atoms with Gasteiger partial charge in [-0.2, -0.15) is 48.5 Å². The summed E-state index contributed by atoms with van der Waals surface area (Å²) in [5.74, 6) is -7.20. The van der Waals surface area contributed by atoms with Crippen molar-refractivity contribution < 1.29 is 80.5 Å². The number of ether oxygens (including phenoxy) is 2. The summed E-state index contributed by atoms with van der Waals surface area (Å²) in [6, 6.07) is 13.6. The van der Waals surface area contributed by atoms with Crippen LogP contribution in [0.4, 0.5) is 0 Å². The average molecular weight is 663 g/mol. The van der Waals surface area contributed by atoms with Crippen molar-refractivity contribution in [2.45, 2.75) is 66.6 Å². The van der Waals surface area contributed by atoms with Gasteiger partial charge < -0.3 is 19.1 Å². The molecule has 2 unspecified atom stereocenters. The van der Waals surface area contributed by atoms with E-state index in [-0.39, 0.29) is 55.0 Å². The van der Waals surface area contributed by atoms with Crippen molar-refractivity contribution in [3.63, 3.8) is 0 Å². The van der Waals surface area contributed by atoms with Gasteiger partial charge in [-0.3, -0.25) is 19.2 Å². The van der Waals surface area contributed by atoms with Gasteiger partial charge in [0.25, 0.3) is 0 Å². The summed E-state index contributed by atoms with van der Waals surface area (Å²) < 4.78 is 10.3. The first kappa shape index (κ1) is 35.7. The molecule has 223 valence electrons. The summed E-state index contributed by atoms with van der Waals surface area (Å²) >= 11 is 0. The molecule has 10 nitrogen and oxygen atoms in total. The quantitative estimate of drug-likeness (QED) is 0.269. The summed E-state index contributed by atoms with van der Waals surface area (Å²) in [7, 11) is 0. The monoisotopic (exact) mass is 663 g/mol. The van der Waals surface area contributed by atoms with Crippen LogP contribution in [0.5, 0.6) is 0 Å². The summed E-state index contributed by atoms with van der Waals surface area (Å²) in [5, 5.41) is 0. The van der Waals surface area contributed by atoms with Crippen molar-refractivity contribution in [3.05, 3.63) is 70.8 Å². The third-order valence-corrected chi connectivity index (χ3v) is 6.54. The fourth-order valence-corrected chi connectivity index (χ4v) is 4.65. The van der Waals surface area contributed by atoms with Gasteiger partial charge in [-0.1, -0.05) is 22.3 Å². The number of fused-ring (bicyclic) bond motifs is 2. The van der Waals surface area contributed by atoms with E-state index >= 15 is 0 Å². The van der Waals surface area contributed by atoms with Crippen molar-refractivity contribution in [1.29, 1.82) is 0 Å². The van der Waals surface area contributed by atoms with E-state index in [9.17, 15) is 38.4 Å². The molecule has 0 saturated carbocycles. The molecule has 2 aromatic carbocycles. The van der Waals surface area contributed by atoms with Crippen molar-refractivity contribution in [1.82, 2.24) is 0 Å². The Labute approximate surface area is 274 Å². The molecular weight excluding hydrogens is 633 g/mol. The van der Waals surface area contributed by atoms with Crippen molar-refractivity contribution in [2.24, 2.45) is 10.8 Å². The van der Waals surface area contributed by atoms with Gasteiger partial charge in [0.1, 0.15) is 22.8 Å². The van der Waals surface area contributed by atoms with E-state index in [0.29, 0.717) is 0 Å². The van der Waals surface area contributed by atoms with Gasteiger partial charge in [0, 0.05) is 32.7 Å². The molecule has 2 aliphatic rings. The Kier molecular flexibility index (Phi) is 10.2. The number of Topliss-reactive ketones (excluding diaryl/α,β-unsaturated/α-hetero) is 6. The molecule has 0 heterocycles. The third kappa shape index (κ3) is 6.00. The Morgan fingerprint density at radius 1 is 0.581 bits per heavy atom. The minimum absolute atomic E-state index is 0. The van der Waals surface area contributed by atoms with Crippen molar-refractivity contribution >= 4 is 46.6 Å². The molecule has 0 spiro atoms. The Morgan fingerprint density at radius 3 is 1.09 bits per heavy atom. The van der Waals surface area contributed by atoms with Crippen LogP contribution < -0.4 is 0 Å². The standard InChI is InChI=1S/2C16H15O5.Y/c2*1-9(17)16(14(20)21-15(2,3)4)12(18)10-7-5-6-8-11(10)13(16)19;/h2*5,7-8H,1-4H3;/q2*-1;. The van der Waals surface area contributed by atoms with E-state index in [1.54, 1.807) is 41.5 Å². The largest absolute Gasteiger partial charge is 0.459 e. The topological polar surface area (TPSA) is 155 Å². The maximum absolute atomic E-state index is 12.5. The first-order chi connectivity index (χ1) is 19.2. The second-order valence-corrected chi connectivity index (χ2v) is 11.9. The number of ketones is 6. The van der Waals surface area contributed by atoms with Gasteiger partial charge in [-0.05, 0) is 55.4 Å². The molecule has 2 atom stereocenters. The Hall–Kier alpha value is -3.50. The molecule has 0 saturated heterocycles. The van der Waals surface area contributed by atoms with Crippen LogP contribution in [0.1, 0.15) is 96.8 Å². The molecule has 0 N–H and O–H groups in total. The normalized spacial score (nSPS) is 20.7. The number of benzene rings is 2. The van der Waals surface area contributed by atoms with Crippen LogP contribution >= 0.6 is 0 Å². The van der Waals surface area contributed by atoms with Crippen LogP contribution in [0.2, 0.25) is 0 Å². The molecule has 4 rings (SSSR count). The fraction of sp³-hybridized carbons (Fsp3) is 0.375. The first-order valence-corrected chi connectivity index (χ1v) is 12.9. The van der Waals surface area contributed by atoms with E-state index in [1.165, 1.54) is 36.4 Å². The molecule has 43 heavy (non-hydrogen) atoms. The zero-order chi connectivity index (χ0) is 32.0. The number of hydrogen-bond acceptors (Lipinski definition) is 10. The molecule has 0 amide bonds. The molecule has 2 aromatic rings. The molecule has 0 aliphatic heterocycles. The second kappa shape index (κ2) is 12.2. The van der Waals surface area contributed by atoms with Gasteiger partial charge in [-0.15, -0.1) is 0 Å². The zero-order valence-electron chi connectivity index (χ0n) is 25.1. The Bertz CT molecular complexity index is 1380. The van der Waals surface area contributed by atoms with E-state index < -0.39 is 68.7 Å². The van der Waals surface area contributed by atoms with Gasteiger partial charge in [0.15, 0.2) is 23.1 Å². The van der Waals surface area contributed by atoms with Gasteiger partial charge in [0.05, 0.1) is 0 Å². The molecular formula is C32H30O10Y-2. The Morgan fingerprint density at radius 2 is 0.860 bits per heavy atom. The molecule has 0 aromatic heterocycles. The number of hydrogen-bond donors (Lipinski definition) is 0. The van der Waals surface area contributed by atoms with Gasteiger partial charge >= 0.3 is 11.9 Å². The first-order valence-electron chi connectivity index (χ1n) is 12.9. The Balaban J connectivity index is 0.000000293. The zero-order valence-corrected chi connectivity index (χ0v) is 28.0. The van der Waals surface area contributed by atoms with Gasteiger partial charge in [0.2, 0.25) is 10.8 Å². The minimum atomic E-state index is -2.41. The second-order valence-electron chi connectivity index (χ2n) is 11.9. The van der Waals surface area contributed by atoms with Crippen molar-refractivity contribution in [2.75, 3.05) is 0 Å². The van der Waals surface area contributed by atoms with E-state index in [1.807, 2.05) is 0 Å². The fourth-order valence-electron chi connectivity index (χ4n) is 4.65. The van der Waals surface area contributed by atoms with E-state index in [2.05, 4.69) is 12.1 Å². The SMILES string of the molecule is CC(=O)C1(C(=O)OC(C)(C)C)C(=O)c2c[c-]ccc2C1=O.CC(=O)C1(C(=O)OC(C)(C)C)C(=O)c2c[c-]ccc2C1=O.[Y]. The summed E-state index contributed by atoms with van der Waals surface area (Å²) in [5.41, 5.74) is -6.48. The minimum Gasteiger partial charge on any atom is -0.459 e. The van der Waals surface area contributed by atoms with E-state index in [0.717, 1.165) is 13.8 Å². The third-order valence-electron chi connectivity index (χ3n) is 6.54. The summed E-state index contributed by atoms with van der Waals surface area (Å²) in [6.45, 7) is 11.7. The maximum Gasteiger partial charge on any atom is 0.335 e. The van der Waals surface area contributed by atoms with E-state index in [4.69, 9.17) is 9.47 Å². The number of carbonyl (C=O) groups is 8. The predicted octanol–water partition coefficient (Wildman–Crippen LogP) is 3.56. The molecule has 2 aliphatic carbocycles. The van der Waals surface area contributed by atoms with Crippen LogP contribution in [-0.4, -0.2) is 57.8 Å². The molecule has 0 bridgehead atoms. The molecule has 1 radical (unpaired) electrons. The van der Waals surface area contributed by atoms with Crippen molar-refractivity contribution in [3.8, 4) is 0 Å². The van der Waals surface area contributed by atoms with Crippen LogP contribution in [0, 0.1) is 23.0 Å². The predicted molar refractivity (Wildman–Crippen MR) is 146 cm³/mol. The number of carbonyl (C=O) groups excluding carboxylic acids is 8. The van der Waals surface area contributed by atoms with Crippen LogP contribution in [0.15, 0.2) is 36.4 Å². The number of rotatable bonds is 4.